The standard InChI is InChI=1S/C24H34N6O/c1-18-17-21(27-22(25-18)29-11-5-6-12-29)28-13-15-30(16-14-28)23(31)26-20-9-7-19(8-10-20)24(2,3)4/h7-10,17H,5-6,11-16H2,1-4H3,(H,26,31). The summed E-state index contributed by atoms with van der Waals surface area (Å²) in [5.41, 5.74) is 3.19. The molecular formula is C24H34N6O. The molecule has 4 rings (SSSR count). The highest BCUT2D eigenvalue weighted by molar-refractivity contribution is 5.89. The number of nitrogens with zero attached hydrogens (tertiary/aromatic N) is 5. The van der Waals surface area contributed by atoms with Crippen molar-refractivity contribution in [3.63, 3.8) is 0 Å². The fourth-order valence-electron chi connectivity index (χ4n) is 4.15. The third-order valence-electron chi connectivity index (χ3n) is 6.11. The minimum atomic E-state index is -0.0419. The van der Waals surface area contributed by atoms with E-state index in [0.29, 0.717) is 13.1 Å². The van der Waals surface area contributed by atoms with Crippen molar-refractivity contribution in [2.75, 3.05) is 54.4 Å². The van der Waals surface area contributed by atoms with Crippen molar-refractivity contribution in [2.24, 2.45) is 0 Å². The summed E-state index contributed by atoms with van der Waals surface area (Å²) in [6.07, 6.45) is 2.42. The number of amides is 2. The second-order valence-electron chi connectivity index (χ2n) is 9.59. The smallest absolute Gasteiger partial charge is 0.321 e. The molecule has 0 atom stereocenters. The Balaban J connectivity index is 1.35. The molecular weight excluding hydrogens is 388 g/mol. The van der Waals surface area contributed by atoms with Crippen LogP contribution in [-0.2, 0) is 5.41 Å². The number of aryl methyl sites for hydroxylation is 1. The Morgan fingerprint density at radius 3 is 2.16 bits per heavy atom. The van der Waals surface area contributed by atoms with Crippen LogP contribution in [0.5, 0.6) is 0 Å². The Bertz CT molecular complexity index is 907. The molecule has 1 N–H and O–H groups in total. The van der Waals surface area contributed by atoms with E-state index in [9.17, 15) is 4.79 Å². The maximum Gasteiger partial charge on any atom is 0.321 e. The van der Waals surface area contributed by atoms with Crippen LogP contribution in [0.3, 0.4) is 0 Å². The molecule has 2 aromatic rings. The molecule has 1 aromatic carbocycles. The Morgan fingerprint density at radius 2 is 1.55 bits per heavy atom. The van der Waals surface area contributed by atoms with Gasteiger partial charge in [0.15, 0.2) is 0 Å². The first kappa shape index (κ1) is 21.4. The Morgan fingerprint density at radius 1 is 0.903 bits per heavy atom. The van der Waals surface area contributed by atoms with Crippen molar-refractivity contribution in [2.45, 2.75) is 46.0 Å². The van der Waals surface area contributed by atoms with Crippen LogP contribution < -0.4 is 15.1 Å². The highest BCUT2D eigenvalue weighted by Gasteiger charge is 2.24. The molecule has 2 aliphatic heterocycles. The zero-order valence-electron chi connectivity index (χ0n) is 19.2. The van der Waals surface area contributed by atoms with Gasteiger partial charge in [-0.2, -0.15) is 4.98 Å². The summed E-state index contributed by atoms with van der Waals surface area (Å²) in [6, 6.07) is 10.1. The fourth-order valence-corrected chi connectivity index (χ4v) is 4.15. The van der Waals surface area contributed by atoms with E-state index in [1.54, 1.807) is 0 Å². The van der Waals surface area contributed by atoms with Gasteiger partial charge in [-0.1, -0.05) is 32.9 Å². The number of hydrogen-bond acceptors (Lipinski definition) is 5. The molecule has 2 amide bonds. The maximum absolute atomic E-state index is 12.7. The molecule has 2 aliphatic rings. The van der Waals surface area contributed by atoms with Gasteiger partial charge in [0.2, 0.25) is 5.95 Å². The molecule has 166 valence electrons. The molecule has 0 saturated carbocycles. The molecule has 2 fully saturated rings. The summed E-state index contributed by atoms with van der Waals surface area (Å²) >= 11 is 0. The van der Waals surface area contributed by atoms with Crippen molar-refractivity contribution >= 4 is 23.5 Å². The van der Waals surface area contributed by atoms with Gasteiger partial charge in [-0.05, 0) is 42.9 Å². The van der Waals surface area contributed by atoms with Gasteiger partial charge in [0.05, 0.1) is 0 Å². The number of hydrogen-bond donors (Lipinski definition) is 1. The minimum absolute atomic E-state index is 0.0419. The number of anilines is 3. The van der Waals surface area contributed by atoms with E-state index in [1.165, 1.54) is 18.4 Å². The predicted molar refractivity (Wildman–Crippen MR) is 126 cm³/mol. The molecule has 0 aliphatic carbocycles. The second kappa shape index (κ2) is 8.73. The molecule has 31 heavy (non-hydrogen) atoms. The average molecular weight is 423 g/mol. The van der Waals surface area contributed by atoms with Crippen molar-refractivity contribution < 1.29 is 4.79 Å². The van der Waals surface area contributed by atoms with Crippen LogP contribution in [0, 0.1) is 6.92 Å². The molecule has 7 nitrogen and oxygen atoms in total. The van der Waals surface area contributed by atoms with Crippen LogP contribution in [0.15, 0.2) is 30.3 Å². The SMILES string of the molecule is Cc1cc(N2CCN(C(=O)Nc3ccc(C(C)(C)C)cc3)CC2)nc(N2CCCC2)n1. The number of rotatable bonds is 3. The highest BCUT2D eigenvalue weighted by atomic mass is 16.2. The number of piperazine rings is 1. The lowest BCUT2D eigenvalue weighted by molar-refractivity contribution is 0.208. The largest absolute Gasteiger partial charge is 0.353 e. The van der Waals surface area contributed by atoms with E-state index < -0.39 is 0 Å². The van der Waals surface area contributed by atoms with Gasteiger partial charge in [-0.3, -0.25) is 0 Å². The Hall–Kier alpha value is -2.83. The minimum Gasteiger partial charge on any atom is -0.353 e. The molecule has 0 radical (unpaired) electrons. The monoisotopic (exact) mass is 422 g/mol. The zero-order chi connectivity index (χ0) is 22.0. The lowest BCUT2D eigenvalue weighted by Gasteiger charge is -2.35. The van der Waals surface area contributed by atoms with Gasteiger partial charge in [0.25, 0.3) is 0 Å². The van der Waals surface area contributed by atoms with Crippen LogP contribution in [0.25, 0.3) is 0 Å². The summed E-state index contributed by atoms with van der Waals surface area (Å²) < 4.78 is 0. The fraction of sp³-hybridized carbons (Fsp3) is 0.542. The predicted octanol–water partition coefficient (Wildman–Crippen LogP) is 4.04. The van der Waals surface area contributed by atoms with E-state index in [0.717, 1.165) is 49.3 Å². The molecule has 0 bridgehead atoms. The lowest BCUT2D eigenvalue weighted by atomic mass is 9.87. The van der Waals surface area contributed by atoms with E-state index in [2.05, 4.69) is 53.0 Å². The number of aromatic nitrogens is 2. The summed E-state index contributed by atoms with van der Waals surface area (Å²) in [4.78, 5) is 28.6. The summed E-state index contributed by atoms with van der Waals surface area (Å²) in [7, 11) is 0. The molecule has 7 heteroatoms. The molecule has 3 heterocycles. The van der Waals surface area contributed by atoms with Gasteiger partial charge in [-0.25, -0.2) is 9.78 Å². The lowest BCUT2D eigenvalue weighted by Crippen LogP contribution is -2.50. The van der Waals surface area contributed by atoms with Crippen molar-refractivity contribution in [3.05, 3.63) is 41.6 Å². The molecule has 2 saturated heterocycles. The van der Waals surface area contributed by atoms with Crippen LogP contribution in [-0.4, -0.2) is 60.2 Å². The van der Waals surface area contributed by atoms with Gasteiger partial charge in [0.1, 0.15) is 5.82 Å². The number of carbonyl (C=O) groups excluding carboxylic acids is 1. The third kappa shape index (κ3) is 5.09. The van der Waals surface area contributed by atoms with E-state index in [-0.39, 0.29) is 11.4 Å². The molecule has 0 unspecified atom stereocenters. The first-order valence-corrected chi connectivity index (χ1v) is 11.3. The van der Waals surface area contributed by atoms with Crippen LogP contribution in [0.4, 0.5) is 22.2 Å². The normalized spacial score (nSPS) is 17.2. The third-order valence-corrected chi connectivity index (χ3v) is 6.11. The van der Waals surface area contributed by atoms with Crippen molar-refractivity contribution in [3.8, 4) is 0 Å². The van der Waals surface area contributed by atoms with Gasteiger partial charge >= 0.3 is 6.03 Å². The van der Waals surface area contributed by atoms with Gasteiger partial charge in [0, 0.05) is 56.7 Å². The summed E-state index contributed by atoms with van der Waals surface area (Å²) in [5.74, 6) is 1.80. The van der Waals surface area contributed by atoms with Crippen molar-refractivity contribution in [1.82, 2.24) is 14.9 Å². The Labute approximate surface area is 185 Å². The van der Waals surface area contributed by atoms with Crippen LogP contribution in [0.2, 0.25) is 0 Å². The average Bonchev–Trinajstić information content (AvgIpc) is 3.28. The summed E-state index contributed by atoms with van der Waals surface area (Å²) in [6.45, 7) is 13.6. The summed E-state index contributed by atoms with van der Waals surface area (Å²) in [5, 5.41) is 3.04. The van der Waals surface area contributed by atoms with E-state index in [4.69, 9.17) is 4.98 Å². The highest BCUT2D eigenvalue weighted by Crippen LogP contribution is 2.24. The molecule has 0 spiro atoms. The number of nitrogens with one attached hydrogen (secondary N) is 1. The first-order chi connectivity index (χ1) is 14.8. The van der Waals surface area contributed by atoms with Crippen LogP contribution in [0.1, 0.15) is 44.9 Å². The quantitative estimate of drug-likeness (QED) is 0.809. The topological polar surface area (TPSA) is 64.6 Å². The number of benzene rings is 1. The number of urea groups is 1. The molecule has 1 aromatic heterocycles. The van der Waals surface area contributed by atoms with Crippen molar-refractivity contribution in [1.29, 1.82) is 0 Å². The van der Waals surface area contributed by atoms with E-state index >= 15 is 0 Å². The van der Waals surface area contributed by atoms with Crippen LogP contribution >= 0.6 is 0 Å². The van der Waals surface area contributed by atoms with E-state index in [1.807, 2.05) is 30.0 Å². The maximum atomic E-state index is 12.7. The first-order valence-electron chi connectivity index (χ1n) is 11.3. The number of carbonyl (C=O) groups is 1. The Kier molecular flexibility index (Phi) is 6.03. The second-order valence-corrected chi connectivity index (χ2v) is 9.59. The van der Waals surface area contributed by atoms with Gasteiger partial charge < -0.3 is 20.0 Å². The zero-order valence-corrected chi connectivity index (χ0v) is 19.2. The van der Waals surface area contributed by atoms with Gasteiger partial charge in [-0.15, -0.1) is 0 Å².